The molecule has 0 bridgehead atoms. The topological polar surface area (TPSA) is 71.4 Å². The highest BCUT2D eigenvalue weighted by molar-refractivity contribution is 7.89. The second-order valence-electron chi connectivity index (χ2n) is 8.66. The van der Waals surface area contributed by atoms with Gasteiger partial charge in [0.15, 0.2) is 0 Å². The summed E-state index contributed by atoms with van der Waals surface area (Å²) < 4.78 is 29.7. The number of rotatable bonds is 6. The highest BCUT2D eigenvalue weighted by Gasteiger charge is 2.24. The highest BCUT2D eigenvalue weighted by atomic mass is 32.2. The normalized spacial score (nSPS) is 16.2. The van der Waals surface area contributed by atoms with Gasteiger partial charge in [0.1, 0.15) is 0 Å². The summed E-state index contributed by atoms with van der Waals surface area (Å²) in [5.74, 6) is 0.00161. The lowest BCUT2D eigenvalue weighted by Crippen LogP contribution is -2.40. The van der Waals surface area contributed by atoms with Crippen molar-refractivity contribution in [1.29, 1.82) is 0 Å². The van der Waals surface area contributed by atoms with Gasteiger partial charge in [-0.1, -0.05) is 32.9 Å². The van der Waals surface area contributed by atoms with Crippen molar-refractivity contribution in [3.63, 3.8) is 0 Å². The van der Waals surface area contributed by atoms with Crippen LogP contribution in [0.4, 0.5) is 0 Å². The minimum absolute atomic E-state index is 0.00161. The number of nitrogens with zero attached hydrogens (tertiary/aromatic N) is 2. The van der Waals surface area contributed by atoms with E-state index in [9.17, 15) is 13.2 Å². The molecule has 3 rings (SSSR count). The summed E-state index contributed by atoms with van der Waals surface area (Å²) in [4.78, 5) is 14.5. The van der Waals surface area contributed by atoms with Crippen molar-refractivity contribution in [2.24, 2.45) is 0 Å². The molecule has 0 aliphatic carbocycles. The number of benzene rings is 1. The number of carbonyl (C=O) groups excluding carboxylic acids is 1. The van der Waals surface area contributed by atoms with Gasteiger partial charge < -0.3 is 9.47 Å². The standard InChI is InChI=1S/C22H31N3O3S/c1-22(2,3)18-6-8-20(9-7-18)29(27,28)23-13-10-21(26)25-16-11-19(12-17-25)24-14-4-5-15-24/h4-9,14-15,19,23H,10-13,16-17H2,1-3H3. The molecule has 1 N–H and O–H groups in total. The number of carbonyl (C=O) groups is 1. The molecule has 1 amide bonds. The van der Waals surface area contributed by atoms with Gasteiger partial charge in [0.05, 0.1) is 4.90 Å². The van der Waals surface area contributed by atoms with Gasteiger partial charge in [0, 0.05) is 44.5 Å². The fourth-order valence-corrected chi connectivity index (χ4v) is 4.70. The van der Waals surface area contributed by atoms with Crippen molar-refractivity contribution < 1.29 is 13.2 Å². The Morgan fingerprint density at radius 3 is 2.21 bits per heavy atom. The third-order valence-corrected chi connectivity index (χ3v) is 7.00. The van der Waals surface area contributed by atoms with E-state index in [1.807, 2.05) is 29.2 Å². The van der Waals surface area contributed by atoms with Crippen LogP contribution < -0.4 is 4.72 Å². The molecule has 0 radical (unpaired) electrons. The van der Waals surface area contributed by atoms with Gasteiger partial charge in [-0.05, 0) is 48.1 Å². The van der Waals surface area contributed by atoms with Crippen LogP contribution >= 0.6 is 0 Å². The number of amides is 1. The van der Waals surface area contributed by atoms with E-state index in [4.69, 9.17) is 0 Å². The number of aromatic nitrogens is 1. The Morgan fingerprint density at radius 1 is 1.07 bits per heavy atom. The van der Waals surface area contributed by atoms with E-state index < -0.39 is 10.0 Å². The summed E-state index contributed by atoms with van der Waals surface area (Å²) in [6, 6.07) is 11.4. The third kappa shape index (κ3) is 5.48. The van der Waals surface area contributed by atoms with E-state index in [1.54, 1.807) is 12.1 Å². The molecule has 1 aliphatic rings. The zero-order chi connectivity index (χ0) is 21.1. The van der Waals surface area contributed by atoms with Crippen LogP contribution in [-0.4, -0.2) is 43.4 Å². The van der Waals surface area contributed by atoms with Gasteiger partial charge in [0.25, 0.3) is 0 Å². The summed E-state index contributed by atoms with van der Waals surface area (Å²) in [6.45, 7) is 7.79. The zero-order valence-electron chi connectivity index (χ0n) is 17.5. The fraction of sp³-hybridized carbons (Fsp3) is 0.500. The molecule has 6 nitrogen and oxygen atoms in total. The van der Waals surface area contributed by atoms with Crippen LogP contribution in [-0.2, 0) is 20.2 Å². The van der Waals surface area contributed by atoms with Gasteiger partial charge in [-0.25, -0.2) is 13.1 Å². The predicted molar refractivity (Wildman–Crippen MR) is 114 cm³/mol. The van der Waals surface area contributed by atoms with E-state index in [2.05, 4.69) is 42.5 Å². The second kappa shape index (κ2) is 8.71. The first-order valence-corrected chi connectivity index (χ1v) is 11.7. The highest BCUT2D eigenvalue weighted by Crippen LogP contribution is 2.24. The second-order valence-corrected chi connectivity index (χ2v) is 10.4. The molecule has 0 atom stereocenters. The summed E-state index contributed by atoms with van der Waals surface area (Å²) >= 11 is 0. The van der Waals surface area contributed by atoms with E-state index in [0.717, 1.165) is 18.4 Å². The Bertz CT molecular complexity index is 905. The SMILES string of the molecule is CC(C)(C)c1ccc(S(=O)(=O)NCCC(=O)N2CCC(n3cccc3)CC2)cc1. The maximum absolute atomic E-state index is 12.5. The Hall–Kier alpha value is -2.12. The van der Waals surface area contributed by atoms with Gasteiger partial charge in [0.2, 0.25) is 15.9 Å². The largest absolute Gasteiger partial charge is 0.351 e. The lowest BCUT2D eigenvalue weighted by Gasteiger charge is -2.33. The minimum Gasteiger partial charge on any atom is -0.351 e. The molecule has 2 aromatic rings. The molecule has 1 aromatic heterocycles. The van der Waals surface area contributed by atoms with E-state index in [1.165, 1.54) is 0 Å². The number of sulfonamides is 1. The van der Waals surface area contributed by atoms with Crippen LogP contribution in [0.5, 0.6) is 0 Å². The van der Waals surface area contributed by atoms with Gasteiger partial charge in [-0.3, -0.25) is 4.79 Å². The Balaban J connectivity index is 1.47. The lowest BCUT2D eigenvalue weighted by atomic mass is 9.87. The monoisotopic (exact) mass is 417 g/mol. The Morgan fingerprint density at radius 2 is 1.66 bits per heavy atom. The molecule has 2 heterocycles. The summed E-state index contributed by atoms with van der Waals surface area (Å²) in [6.07, 6.45) is 6.14. The maximum Gasteiger partial charge on any atom is 0.240 e. The average molecular weight is 418 g/mol. The molecular formula is C22H31N3O3S. The Kier molecular flexibility index (Phi) is 6.49. The van der Waals surface area contributed by atoms with Gasteiger partial charge in [-0.2, -0.15) is 0 Å². The van der Waals surface area contributed by atoms with Crippen LogP contribution in [0.3, 0.4) is 0 Å². The van der Waals surface area contributed by atoms with Crippen molar-refractivity contribution in [1.82, 2.24) is 14.2 Å². The number of likely N-dealkylation sites (tertiary alicyclic amines) is 1. The minimum atomic E-state index is -3.61. The quantitative estimate of drug-likeness (QED) is 0.784. The number of hydrogen-bond acceptors (Lipinski definition) is 3. The molecule has 158 valence electrons. The molecule has 1 aromatic carbocycles. The van der Waals surface area contributed by atoms with Gasteiger partial charge >= 0.3 is 0 Å². The van der Waals surface area contributed by atoms with E-state index in [-0.39, 0.29) is 29.2 Å². The van der Waals surface area contributed by atoms with E-state index >= 15 is 0 Å². The molecular weight excluding hydrogens is 386 g/mol. The zero-order valence-corrected chi connectivity index (χ0v) is 18.3. The molecule has 7 heteroatoms. The predicted octanol–water partition coefficient (Wildman–Crippen LogP) is 3.32. The molecule has 1 saturated heterocycles. The maximum atomic E-state index is 12.5. The first-order chi connectivity index (χ1) is 13.7. The third-order valence-electron chi connectivity index (χ3n) is 5.53. The average Bonchev–Trinajstić information content (AvgIpc) is 3.22. The van der Waals surface area contributed by atoms with Crippen molar-refractivity contribution in [2.45, 2.75) is 56.4 Å². The number of piperidine rings is 1. The first-order valence-electron chi connectivity index (χ1n) is 10.2. The molecule has 1 fully saturated rings. The molecule has 1 aliphatic heterocycles. The molecule has 29 heavy (non-hydrogen) atoms. The first kappa shape index (κ1) is 21.6. The summed E-state index contributed by atoms with van der Waals surface area (Å²) in [5.41, 5.74) is 1.05. The van der Waals surface area contributed by atoms with Crippen LogP contribution in [0.2, 0.25) is 0 Å². The fourth-order valence-electron chi connectivity index (χ4n) is 3.67. The van der Waals surface area contributed by atoms with Crippen LogP contribution in [0.15, 0.2) is 53.7 Å². The lowest BCUT2D eigenvalue weighted by molar-refractivity contribution is -0.132. The van der Waals surface area contributed by atoms with Crippen molar-refractivity contribution >= 4 is 15.9 Å². The van der Waals surface area contributed by atoms with Crippen LogP contribution in [0.1, 0.15) is 51.6 Å². The number of hydrogen-bond donors (Lipinski definition) is 1. The summed E-state index contributed by atoms with van der Waals surface area (Å²) in [5, 5.41) is 0. The smallest absolute Gasteiger partial charge is 0.240 e. The van der Waals surface area contributed by atoms with E-state index in [0.29, 0.717) is 19.1 Å². The van der Waals surface area contributed by atoms with Crippen molar-refractivity contribution in [2.75, 3.05) is 19.6 Å². The molecule has 0 spiro atoms. The summed E-state index contributed by atoms with van der Waals surface area (Å²) in [7, 11) is -3.61. The van der Waals surface area contributed by atoms with Crippen molar-refractivity contribution in [3.8, 4) is 0 Å². The Labute approximate surface area is 174 Å². The molecule has 0 saturated carbocycles. The van der Waals surface area contributed by atoms with Crippen LogP contribution in [0.25, 0.3) is 0 Å². The van der Waals surface area contributed by atoms with Crippen LogP contribution in [0, 0.1) is 0 Å². The van der Waals surface area contributed by atoms with Gasteiger partial charge in [-0.15, -0.1) is 0 Å². The van der Waals surface area contributed by atoms with Crippen molar-refractivity contribution in [3.05, 3.63) is 54.4 Å². The number of nitrogens with one attached hydrogen (secondary N) is 1. The molecule has 0 unspecified atom stereocenters.